The Morgan fingerprint density at radius 3 is 1.36 bits per heavy atom. The van der Waals surface area contributed by atoms with Crippen LogP contribution in [0, 0.1) is 5.92 Å². The molecule has 1 aliphatic rings. The molecule has 0 radical (unpaired) electrons. The van der Waals surface area contributed by atoms with Crippen molar-refractivity contribution in [1.29, 1.82) is 0 Å². The van der Waals surface area contributed by atoms with E-state index in [1.54, 1.807) is 0 Å². The summed E-state index contributed by atoms with van der Waals surface area (Å²) in [4.78, 5) is 19.3. The topological polar surface area (TPSA) is 202 Å². The van der Waals surface area contributed by atoms with Gasteiger partial charge in [0.15, 0.2) is 0 Å². The average molecular weight is 978 g/mol. The van der Waals surface area contributed by atoms with Gasteiger partial charge in [-0.3, -0.25) is 0 Å². The van der Waals surface area contributed by atoms with Crippen LogP contribution in [0.15, 0.2) is 189 Å². The zero-order valence-electron chi connectivity index (χ0n) is 41.9. The molecule has 0 bridgehead atoms. The van der Waals surface area contributed by atoms with Crippen molar-refractivity contribution in [3.05, 3.63) is 158 Å². The fourth-order valence-electron chi connectivity index (χ4n) is 7.87. The third-order valence-corrected chi connectivity index (χ3v) is 12.0. The molecule has 20 heteroatoms. The molecule has 20 nitrogen and oxygen atoms in total. The van der Waals surface area contributed by atoms with Crippen molar-refractivity contribution in [2.75, 3.05) is 70.8 Å². The molecular formula is C53H61N20+3. The van der Waals surface area contributed by atoms with Gasteiger partial charge in [-0.1, -0.05) is 17.2 Å². The van der Waals surface area contributed by atoms with E-state index in [-0.39, 0.29) is 0 Å². The standard InChI is InChI=1S/C53H58N20/c1-38(27-28-54-2)37-55-63-45-23-25-48(26-24-45)72-33-35-73(36-34-72)51-61-49(58-43-11-7-39(8-12-43)56-41-15-19-46(20-16-41)64-66-52-68(3)29-30-69(52)4)60-50(62-51)59-44-13-9-40(10-14-44)57-42-17-21-47(22-18-42)65-67-53-70(5)31-32-71(53)6/h7-32,38,54H,33-37H2,1-6H3,(H2,58,59,60,61,62,64,65)/p+3. The largest absolute Gasteiger partial charge is 0.421 e. The van der Waals surface area contributed by atoms with Crippen LogP contribution >= 0.6 is 0 Å². The second-order valence-electron chi connectivity index (χ2n) is 17.7. The van der Waals surface area contributed by atoms with Crippen LogP contribution in [-0.2, 0) is 28.2 Å². The number of anilines is 10. The van der Waals surface area contributed by atoms with E-state index in [9.17, 15) is 0 Å². The first-order valence-electron chi connectivity index (χ1n) is 24.1. The van der Waals surface area contributed by atoms with Crippen molar-refractivity contribution < 1.29 is 14.5 Å². The van der Waals surface area contributed by atoms with Gasteiger partial charge in [0.1, 0.15) is 11.4 Å². The molecule has 9 rings (SSSR count). The molecule has 0 spiro atoms. The highest BCUT2D eigenvalue weighted by atomic mass is 15.4. The number of azo groups is 3. The minimum Gasteiger partial charge on any atom is -0.368 e. The smallest absolute Gasteiger partial charge is 0.368 e. The van der Waals surface area contributed by atoms with Gasteiger partial charge in [0.05, 0.1) is 78.5 Å². The van der Waals surface area contributed by atoms with Crippen LogP contribution in [-0.4, -0.2) is 63.9 Å². The second kappa shape index (κ2) is 23.2. The van der Waals surface area contributed by atoms with E-state index < -0.39 is 0 Å². The molecule has 1 atom stereocenters. The summed E-state index contributed by atoms with van der Waals surface area (Å²) in [7, 11) is 9.78. The van der Waals surface area contributed by atoms with E-state index in [0.29, 0.717) is 30.3 Å². The Labute approximate surface area is 424 Å². The summed E-state index contributed by atoms with van der Waals surface area (Å²) in [6.07, 6.45) is 12.0. The monoisotopic (exact) mass is 978 g/mol. The van der Waals surface area contributed by atoms with Gasteiger partial charge in [-0.2, -0.15) is 25.2 Å². The van der Waals surface area contributed by atoms with Crippen LogP contribution in [0.1, 0.15) is 6.92 Å². The minimum absolute atomic E-state index is 0.331. The molecule has 4 heterocycles. The number of nitrogens with two attached hydrogens (primary N) is 1. The zero-order valence-corrected chi connectivity index (χ0v) is 41.9. The molecule has 3 aromatic heterocycles. The number of aryl methyl sites for hydroxylation is 4. The van der Waals surface area contributed by atoms with Crippen molar-refractivity contribution in [1.82, 2.24) is 24.1 Å². The zero-order chi connectivity index (χ0) is 50.5. The van der Waals surface area contributed by atoms with Gasteiger partial charge in [0.25, 0.3) is 0 Å². The lowest BCUT2D eigenvalue weighted by Gasteiger charge is -2.36. The first-order chi connectivity index (χ1) is 35.6. The second-order valence-corrected chi connectivity index (χ2v) is 17.7. The molecule has 0 amide bonds. The predicted octanol–water partition coefficient (Wildman–Crippen LogP) is 9.76. The van der Waals surface area contributed by atoms with Crippen molar-refractivity contribution in [2.24, 2.45) is 64.8 Å². The number of hydrogen-bond acceptors (Lipinski definition) is 15. The highest BCUT2D eigenvalue weighted by Gasteiger charge is 2.22. The van der Waals surface area contributed by atoms with Gasteiger partial charge in [0.2, 0.25) is 17.8 Å². The number of rotatable bonds is 19. The third-order valence-electron chi connectivity index (χ3n) is 12.0. The fraction of sp³-hybridized carbons (Fsp3) is 0.226. The normalized spacial score (nSPS) is 13.5. The Bertz CT molecular complexity index is 2980. The summed E-state index contributed by atoms with van der Waals surface area (Å²) in [5.41, 5.74) is 8.84. The van der Waals surface area contributed by atoms with Crippen molar-refractivity contribution in [3.63, 3.8) is 0 Å². The maximum absolute atomic E-state index is 4.94. The highest BCUT2D eigenvalue weighted by molar-refractivity contribution is 5.68. The van der Waals surface area contributed by atoms with Crippen LogP contribution in [0.2, 0.25) is 0 Å². The Hall–Kier alpha value is -9.17. The average Bonchev–Trinajstić information content (AvgIpc) is 3.92. The molecule has 1 aliphatic heterocycles. The van der Waals surface area contributed by atoms with E-state index in [2.05, 4.69) is 86.9 Å². The van der Waals surface area contributed by atoms with Crippen LogP contribution in [0.4, 0.5) is 86.6 Å². The predicted molar refractivity (Wildman–Crippen MR) is 287 cm³/mol. The summed E-state index contributed by atoms with van der Waals surface area (Å²) in [5.74, 6) is 3.25. The van der Waals surface area contributed by atoms with Gasteiger partial charge in [-0.15, -0.1) is 0 Å². The van der Waals surface area contributed by atoms with Crippen molar-refractivity contribution in [3.8, 4) is 0 Å². The first-order valence-corrected chi connectivity index (χ1v) is 24.1. The van der Waals surface area contributed by atoms with E-state index in [0.717, 1.165) is 94.9 Å². The highest BCUT2D eigenvalue weighted by Crippen LogP contribution is 2.28. The lowest BCUT2D eigenvalue weighted by Crippen LogP contribution is -2.72. The number of nitrogens with one attached hydrogen (secondary N) is 4. The number of hydrogen-bond donors (Lipinski definition) is 5. The molecule has 0 aliphatic carbocycles. The number of aromatic nitrogens is 7. The lowest BCUT2D eigenvalue weighted by molar-refractivity contribution is -0.657. The van der Waals surface area contributed by atoms with Crippen LogP contribution in [0.3, 0.4) is 0 Å². The summed E-state index contributed by atoms with van der Waals surface area (Å²) in [6.45, 7) is 5.80. The lowest BCUT2D eigenvalue weighted by atomic mass is 10.2. The maximum atomic E-state index is 4.94. The Balaban J connectivity index is 0.860. The molecule has 5 aromatic carbocycles. The van der Waals surface area contributed by atoms with Crippen LogP contribution in [0.25, 0.3) is 0 Å². The van der Waals surface area contributed by atoms with Gasteiger partial charge in [0, 0.05) is 82.1 Å². The number of benzene rings is 5. The van der Waals surface area contributed by atoms with E-state index >= 15 is 0 Å². The SMILES string of the molecule is C[NH2+]C=CC(C)CN=Nc1ccc(N2CCN(c3nc(Nc4ccc(Nc5ccc(N=Nc6n(C)cc[n+]6C)cc5)cc4)nc(Nc4ccc(Nc5ccc(N=Nc6n(C)cc[n+]6C)cc5)cc4)n3)CC2)cc1. The van der Waals surface area contributed by atoms with Crippen molar-refractivity contribution in [2.45, 2.75) is 6.92 Å². The summed E-state index contributed by atoms with van der Waals surface area (Å²) in [6, 6.07) is 39.9. The Morgan fingerprint density at radius 1 is 0.534 bits per heavy atom. The number of nitrogens with zero attached hydrogens (tertiary/aromatic N) is 15. The fourth-order valence-corrected chi connectivity index (χ4v) is 7.87. The quantitative estimate of drug-likeness (QED) is 0.0386. The van der Waals surface area contributed by atoms with Gasteiger partial charge >= 0.3 is 11.9 Å². The molecular weight excluding hydrogens is 917 g/mol. The summed E-state index contributed by atoms with van der Waals surface area (Å²) < 4.78 is 7.68. The first kappa shape index (κ1) is 48.8. The molecule has 370 valence electrons. The molecule has 1 unspecified atom stereocenters. The molecule has 8 aromatic rings. The van der Waals surface area contributed by atoms with E-state index in [1.807, 2.05) is 199 Å². The maximum Gasteiger partial charge on any atom is 0.421 e. The van der Waals surface area contributed by atoms with Gasteiger partial charge in [-0.05, 0) is 127 Å². The third kappa shape index (κ3) is 13.2. The number of imidazole rings is 2. The van der Waals surface area contributed by atoms with E-state index in [1.165, 1.54) is 0 Å². The summed E-state index contributed by atoms with van der Waals surface area (Å²) >= 11 is 0. The van der Waals surface area contributed by atoms with Crippen LogP contribution in [0.5, 0.6) is 0 Å². The van der Waals surface area contributed by atoms with Crippen molar-refractivity contribution >= 4 is 86.6 Å². The molecule has 1 saturated heterocycles. The molecule has 73 heavy (non-hydrogen) atoms. The molecule has 0 saturated carbocycles. The molecule has 6 N–H and O–H groups in total. The minimum atomic E-state index is 0.331. The molecule has 1 fully saturated rings. The van der Waals surface area contributed by atoms with Gasteiger partial charge < -0.3 is 36.4 Å². The Morgan fingerprint density at radius 2 is 0.932 bits per heavy atom. The number of piperazine rings is 1. The summed E-state index contributed by atoms with van der Waals surface area (Å²) in [5, 5.41) is 42.3. The number of quaternary nitrogens is 1. The van der Waals surface area contributed by atoms with E-state index in [4.69, 9.17) is 15.0 Å². The van der Waals surface area contributed by atoms with Crippen LogP contribution < -0.4 is 45.5 Å². The Kier molecular flexibility index (Phi) is 15.5. The van der Waals surface area contributed by atoms with Gasteiger partial charge in [-0.25, -0.2) is 18.3 Å².